The monoisotopic (exact) mass is 405 g/mol. The lowest BCUT2D eigenvalue weighted by atomic mass is 10.3. The second-order valence-corrected chi connectivity index (χ2v) is 7.70. The van der Waals surface area contributed by atoms with Crippen molar-refractivity contribution in [1.82, 2.24) is 19.9 Å². The summed E-state index contributed by atoms with van der Waals surface area (Å²) < 4.78 is 1.06. The van der Waals surface area contributed by atoms with Gasteiger partial charge < -0.3 is 4.90 Å². The summed E-state index contributed by atoms with van der Waals surface area (Å²) in [5, 5.41) is 0.693. The number of thiazole rings is 1. The summed E-state index contributed by atoms with van der Waals surface area (Å²) >= 11 is 1.53. The number of hydrogen-bond donors (Lipinski definition) is 0. The standard InChI is InChI=1S/C22H23N5OS/c1-3-26(4-2)13-14-27(22-25-18-11-7-8-12-20(18)29-22)21(28)19-15-23-16-9-5-6-10-17(16)24-19/h5-12,15H,3-4,13-14H2,1-2H3. The third-order valence-corrected chi connectivity index (χ3v) is 6.02. The Morgan fingerprint density at radius 3 is 2.31 bits per heavy atom. The molecule has 6 nitrogen and oxygen atoms in total. The highest BCUT2D eigenvalue weighted by molar-refractivity contribution is 7.22. The molecule has 0 aliphatic heterocycles. The van der Waals surface area contributed by atoms with E-state index >= 15 is 0 Å². The second-order valence-electron chi connectivity index (χ2n) is 6.69. The number of likely N-dealkylation sites (N-methyl/N-ethyl adjacent to an activating group) is 1. The topological polar surface area (TPSA) is 62.2 Å². The number of benzene rings is 2. The van der Waals surface area contributed by atoms with E-state index in [1.165, 1.54) is 11.3 Å². The molecule has 0 fully saturated rings. The molecule has 2 heterocycles. The second kappa shape index (κ2) is 8.63. The average molecular weight is 406 g/mol. The normalized spacial score (nSPS) is 11.4. The Labute approximate surface area is 173 Å². The van der Waals surface area contributed by atoms with E-state index in [9.17, 15) is 4.79 Å². The molecule has 29 heavy (non-hydrogen) atoms. The summed E-state index contributed by atoms with van der Waals surface area (Å²) in [6.45, 7) is 7.46. The molecule has 0 radical (unpaired) electrons. The van der Waals surface area contributed by atoms with Gasteiger partial charge in [0.15, 0.2) is 5.13 Å². The maximum Gasteiger partial charge on any atom is 0.280 e. The van der Waals surface area contributed by atoms with Gasteiger partial charge in [-0.1, -0.05) is 49.4 Å². The van der Waals surface area contributed by atoms with E-state index in [1.54, 1.807) is 11.1 Å². The maximum absolute atomic E-state index is 13.4. The first-order valence-corrected chi connectivity index (χ1v) is 10.6. The lowest BCUT2D eigenvalue weighted by molar-refractivity contribution is 0.0979. The summed E-state index contributed by atoms with van der Waals surface area (Å²) in [5.41, 5.74) is 2.73. The molecule has 0 saturated carbocycles. The van der Waals surface area contributed by atoms with Crippen LogP contribution in [0.15, 0.2) is 54.7 Å². The largest absolute Gasteiger partial charge is 0.302 e. The molecule has 0 atom stereocenters. The Hall–Kier alpha value is -2.90. The summed E-state index contributed by atoms with van der Waals surface area (Å²) in [4.78, 5) is 31.1. The van der Waals surface area contributed by atoms with Crippen LogP contribution in [0.25, 0.3) is 21.3 Å². The van der Waals surface area contributed by atoms with Crippen molar-refractivity contribution in [3.05, 3.63) is 60.4 Å². The molecule has 0 bridgehead atoms. The Bertz CT molecular complexity index is 1110. The molecular weight excluding hydrogens is 382 g/mol. The van der Waals surface area contributed by atoms with Crippen molar-refractivity contribution in [2.75, 3.05) is 31.1 Å². The van der Waals surface area contributed by atoms with Crippen LogP contribution in [0.2, 0.25) is 0 Å². The molecule has 7 heteroatoms. The number of fused-ring (bicyclic) bond motifs is 2. The zero-order valence-electron chi connectivity index (χ0n) is 16.6. The van der Waals surface area contributed by atoms with E-state index in [4.69, 9.17) is 4.98 Å². The van der Waals surface area contributed by atoms with Crippen LogP contribution >= 0.6 is 11.3 Å². The molecule has 2 aromatic heterocycles. The van der Waals surface area contributed by atoms with E-state index < -0.39 is 0 Å². The number of rotatable bonds is 7. The van der Waals surface area contributed by atoms with Gasteiger partial charge in [-0.2, -0.15) is 0 Å². The molecular formula is C22H23N5OS. The number of hydrogen-bond acceptors (Lipinski definition) is 6. The van der Waals surface area contributed by atoms with Gasteiger partial charge >= 0.3 is 0 Å². The Morgan fingerprint density at radius 2 is 1.59 bits per heavy atom. The molecule has 0 aliphatic carbocycles. The van der Waals surface area contributed by atoms with Crippen LogP contribution in [-0.2, 0) is 0 Å². The molecule has 148 valence electrons. The summed E-state index contributed by atoms with van der Waals surface area (Å²) in [6.07, 6.45) is 1.56. The van der Waals surface area contributed by atoms with Crippen molar-refractivity contribution in [2.45, 2.75) is 13.8 Å². The van der Waals surface area contributed by atoms with Gasteiger partial charge in [-0.25, -0.2) is 9.97 Å². The fourth-order valence-corrected chi connectivity index (χ4v) is 4.23. The van der Waals surface area contributed by atoms with Gasteiger partial charge in [0.05, 0.1) is 27.4 Å². The highest BCUT2D eigenvalue weighted by Gasteiger charge is 2.23. The number of anilines is 1. The minimum Gasteiger partial charge on any atom is -0.302 e. The Morgan fingerprint density at radius 1 is 0.897 bits per heavy atom. The highest BCUT2D eigenvalue weighted by atomic mass is 32.1. The number of amides is 1. The molecule has 2 aromatic carbocycles. The van der Waals surface area contributed by atoms with Gasteiger partial charge in [0.2, 0.25) is 0 Å². The fourth-order valence-electron chi connectivity index (χ4n) is 3.24. The predicted octanol–water partition coefficient (Wildman–Crippen LogP) is 4.23. The molecule has 1 amide bonds. The third-order valence-electron chi connectivity index (χ3n) is 4.96. The van der Waals surface area contributed by atoms with Crippen molar-refractivity contribution in [1.29, 1.82) is 0 Å². The van der Waals surface area contributed by atoms with E-state index in [0.717, 1.165) is 35.4 Å². The van der Waals surface area contributed by atoms with Gasteiger partial charge in [-0.05, 0) is 37.4 Å². The summed E-state index contributed by atoms with van der Waals surface area (Å²) in [7, 11) is 0. The minimum atomic E-state index is -0.172. The smallest absolute Gasteiger partial charge is 0.280 e. The molecule has 4 aromatic rings. The van der Waals surface area contributed by atoms with Crippen molar-refractivity contribution in [2.24, 2.45) is 0 Å². The zero-order valence-corrected chi connectivity index (χ0v) is 17.4. The van der Waals surface area contributed by atoms with Crippen molar-refractivity contribution in [3.63, 3.8) is 0 Å². The first kappa shape index (κ1) is 19.4. The first-order valence-electron chi connectivity index (χ1n) is 9.81. The number of para-hydroxylation sites is 3. The van der Waals surface area contributed by atoms with Gasteiger partial charge in [0, 0.05) is 13.1 Å². The quantitative estimate of drug-likeness (QED) is 0.460. The van der Waals surface area contributed by atoms with E-state index in [-0.39, 0.29) is 5.91 Å². The van der Waals surface area contributed by atoms with E-state index in [2.05, 4.69) is 28.7 Å². The number of carbonyl (C=O) groups is 1. The third kappa shape index (κ3) is 4.11. The van der Waals surface area contributed by atoms with Gasteiger partial charge in [-0.15, -0.1) is 0 Å². The summed E-state index contributed by atoms with van der Waals surface area (Å²) in [6, 6.07) is 15.5. The lowest BCUT2D eigenvalue weighted by Gasteiger charge is -2.24. The van der Waals surface area contributed by atoms with Crippen molar-refractivity contribution >= 4 is 43.6 Å². The van der Waals surface area contributed by atoms with Crippen LogP contribution in [-0.4, -0.2) is 51.9 Å². The first-order chi connectivity index (χ1) is 14.2. The molecule has 0 aliphatic rings. The van der Waals surface area contributed by atoms with E-state index in [0.29, 0.717) is 22.9 Å². The number of nitrogens with zero attached hydrogens (tertiary/aromatic N) is 5. The highest BCUT2D eigenvalue weighted by Crippen LogP contribution is 2.29. The predicted molar refractivity (Wildman–Crippen MR) is 119 cm³/mol. The minimum absolute atomic E-state index is 0.172. The van der Waals surface area contributed by atoms with Crippen molar-refractivity contribution in [3.8, 4) is 0 Å². The van der Waals surface area contributed by atoms with Crippen molar-refractivity contribution < 1.29 is 4.79 Å². The molecule has 0 N–H and O–H groups in total. The molecule has 0 spiro atoms. The molecule has 4 rings (SSSR count). The SMILES string of the molecule is CCN(CC)CCN(C(=O)c1cnc2ccccc2n1)c1nc2ccccc2s1. The zero-order chi connectivity index (χ0) is 20.2. The van der Waals surface area contributed by atoms with Gasteiger partial charge in [-0.3, -0.25) is 14.7 Å². The molecule has 0 saturated heterocycles. The molecule has 0 unspecified atom stereocenters. The Balaban J connectivity index is 1.70. The van der Waals surface area contributed by atoms with Crippen LogP contribution in [0.1, 0.15) is 24.3 Å². The average Bonchev–Trinajstić information content (AvgIpc) is 3.20. The van der Waals surface area contributed by atoms with Crippen LogP contribution in [0, 0.1) is 0 Å². The number of aromatic nitrogens is 3. The van der Waals surface area contributed by atoms with E-state index in [1.807, 2.05) is 48.5 Å². The van der Waals surface area contributed by atoms with Crippen LogP contribution < -0.4 is 4.90 Å². The van der Waals surface area contributed by atoms with Crippen LogP contribution in [0.4, 0.5) is 5.13 Å². The van der Waals surface area contributed by atoms with Gasteiger partial charge in [0.1, 0.15) is 5.69 Å². The van der Waals surface area contributed by atoms with Gasteiger partial charge in [0.25, 0.3) is 5.91 Å². The fraction of sp³-hybridized carbons (Fsp3) is 0.273. The summed E-state index contributed by atoms with van der Waals surface area (Å²) in [5.74, 6) is -0.172. The maximum atomic E-state index is 13.4. The Kier molecular flexibility index (Phi) is 5.78. The van der Waals surface area contributed by atoms with Crippen LogP contribution in [0.5, 0.6) is 0 Å². The lowest BCUT2D eigenvalue weighted by Crippen LogP contribution is -2.39. The number of carbonyl (C=O) groups excluding carboxylic acids is 1. The van der Waals surface area contributed by atoms with Crippen LogP contribution in [0.3, 0.4) is 0 Å².